The Labute approximate surface area is 431 Å². The summed E-state index contributed by atoms with van der Waals surface area (Å²) in [6, 6.07) is -0.826. The summed E-state index contributed by atoms with van der Waals surface area (Å²) in [5.74, 6) is -0.185. The zero-order valence-corrected chi connectivity index (χ0v) is 45.8. The third-order valence-corrected chi connectivity index (χ3v) is 14.4. The van der Waals surface area contributed by atoms with E-state index in [0.717, 1.165) is 44.9 Å². The molecular formula is C61H115NO8. The third kappa shape index (κ3) is 39.9. The lowest BCUT2D eigenvalue weighted by molar-refractivity contribution is -0.302. The molecule has 70 heavy (non-hydrogen) atoms. The van der Waals surface area contributed by atoms with Gasteiger partial charge in [-0.2, -0.15) is 0 Å². The standard InChI is InChI=1S/C61H115NO8/c1-3-5-7-9-11-13-15-17-19-21-23-25-27-29-31-33-35-37-39-41-43-45-47-49-51-57(65)62-54(53-69-61-60(68)59(67)58(66)56(52-63)70-61)55(64)50-48-46-44-42-40-38-36-34-32-30-28-26-24-22-20-18-16-14-12-10-8-6-4-2/h32,34,40,42,48,50,54-56,58-61,63-64,66-68H,3-31,33,35-39,41,43-47,49,51-53H2,1-2H3,(H,62,65)/b34-32+,42-40+,50-48+. The van der Waals surface area contributed by atoms with Gasteiger partial charge in [0.25, 0.3) is 0 Å². The van der Waals surface area contributed by atoms with Crippen molar-refractivity contribution in [3.05, 3.63) is 36.5 Å². The SMILES string of the molecule is CCCCCCCCCCCCCCC/C=C/CC/C=C/CC/C=C/C(O)C(COC1OC(CO)C(O)C(O)C1O)NC(=O)CCCCCCCCCCCCCCCCCCCCCCCCCC. The van der Waals surface area contributed by atoms with Gasteiger partial charge in [-0.05, 0) is 44.9 Å². The zero-order chi connectivity index (χ0) is 50.8. The van der Waals surface area contributed by atoms with E-state index in [2.05, 4.69) is 43.5 Å². The molecule has 9 nitrogen and oxygen atoms in total. The van der Waals surface area contributed by atoms with Crippen LogP contribution in [0.2, 0.25) is 0 Å². The highest BCUT2D eigenvalue weighted by molar-refractivity contribution is 5.76. The van der Waals surface area contributed by atoms with Crippen LogP contribution in [-0.4, -0.2) is 87.5 Å². The zero-order valence-electron chi connectivity index (χ0n) is 45.8. The largest absolute Gasteiger partial charge is 0.394 e. The summed E-state index contributed by atoms with van der Waals surface area (Å²) in [5, 5.41) is 54.5. The number of nitrogens with one attached hydrogen (secondary N) is 1. The van der Waals surface area contributed by atoms with Gasteiger partial charge in [-0.15, -0.1) is 0 Å². The molecule has 0 aromatic heterocycles. The molecule has 1 fully saturated rings. The minimum absolute atomic E-state index is 0.185. The second-order valence-corrected chi connectivity index (χ2v) is 21.1. The predicted octanol–water partition coefficient (Wildman–Crippen LogP) is 15.1. The quantitative estimate of drug-likeness (QED) is 0.0261. The fourth-order valence-corrected chi connectivity index (χ4v) is 9.66. The van der Waals surface area contributed by atoms with E-state index in [1.165, 1.54) is 225 Å². The first-order valence-electron chi connectivity index (χ1n) is 30.2. The molecule has 0 aromatic rings. The molecule has 7 unspecified atom stereocenters. The van der Waals surface area contributed by atoms with Crippen LogP contribution in [0.25, 0.3) is 0 Å². The highest BCUT2D eigenvalue weighted by Gasteiger charge is 2.44. The topological polar surface area (TPSA) is 149 Å². The number of carbonyl (C=O) groups excluding carboxylic acids is 1. The summed E-state index contributed by atoms with van der Waals surface area (Å²) in [7, 11) is 0. The van der Waals surface area contributed by atoms with Crippen molar-refractivity contribution in [1.29, 1.82) is 0 Å². The van der Waals surface area contributed by atoms with Crippen LogP contribution in [0, 0.1) is 0 Å². The molecule has 412 valence electrons. The van der Waals surface area contributed by atoms with Crippen molar-refractivity contribution in [2.75, 3.05) is 13.2 Å². The van der Waals surface area contributed by atoms with Gasteiger partial charge in [-0.25, -0.2) is 0 Å². The van der Waals surface area contributed by atoms with Crippen molar-refractivity contribution in [1.82, 2.24) is 5.32 Å². The van der Waals surface area contributed by atoms with E-state index < -0.39 is 49.5 Å². The van der Waals surface area contributed by atoms with Gasteiger partial charge < -0.3 is 40.3 Å². The molecule has 1 saturated heterocycles. The van der Waals surface area contributed by atoms with Gasteiger partial charge in [0.1, 0.15) is 24.4 Å². The average Bonchev–Trinajstić information content (AvgIpc) is 3.36. The van der Waals surface area contributed by atoms with Gasteiger partial charge in [0.15, 0.2) is 6.29 Å². The molecule has 0 spiro atoms. The lowest BCUT2D eigenvalue weighted by Crippen LogP contribution is -2.60. The number of aliphatic hydroxyl groups excluding tert-OH is 5. The maximum absolute atomic E-state index is 13.1. The van der Waals surface area contributed by atoms with Crippen molar-refractivity contribution < 1.29 is 39.8 Å². The van der Waals surface area contributed by atoms with Gasteiger partial charge in [0, 0.05) is 6.42 Å². The summed E-state index contributed by atoms with van der Waals surface area (Å²) >= 11 is 0. The van der Waals surface area contributed by atoms with E-state index in [0.29, 0.717) is 6.42 Å². The summed E-state index contributed by atoms with van der Waals surface area (Å²) < 4.78 is 11.3. The van der Waals surface area contributed by atoms with Crippen LogP contribution in [0.15, 0.2) is 36.5 Å². The molecule has 0 radical (unpaired) electrons. The molecule has 6 N–H and O–H groups in total. The molecule has 1 aliphatic rings. The molecule has 0 aliphatic carbocycles. The van der Waals surface area contributed by atoms with Crippen molar-refractivity contribution in [2.24, 2.45) is 0 Å². The lowest BCUT2D eigenvalue weighted by Gasteiger charge is -2.40. The highest BCUT2D eigenvalue weighted by atomic mass is 16.7. The van der Waals surface area contributed by atoms with E-state index in [1.54, 1.807) is 6.08 Å². The van der Waals surface area contributed by atoms with Gasteiger partial charge >= 0.3 is 0 Å². The molecule has 0 saturated carbocycles. The normalized spacial score (nSPS) is 19.6. The number of hydrogen-bond donors (Lipinski definition) is 6. The Morgan fingerprint density at radius 2 is 0.814 bits per heavy atom. The minimum atomic E-state index is -1.57. The monoisotopic (exact) mass is 990 g/mol. The van der Waals surface area contributed by atoms with E-state index in [4.69, 9.17) is 9.47 Å². The molecule has 0 aromatic carbocycles. The van der Waals surface area contributed by atoms with Crippen LogP contribution < -0.4 is 5.32 Å². The fourth-order valence-electron chi connectivity index (χ4n) is 9.66. The van der Waals surface area contributed by atoms with Gasteiger partial charge in [0.05, 0.1) is 25.4 Å². The number of rotatable bonds is 52. The molecule has 9 heteroatoms. The Balaban J connectivity index is 2.23. The molecule has 1 rings (SSSR count). The number of carbonyl (C=O) groups is 1. The molecular weight excluding hydrogens is 875 g/mol. The molecule has 1 amide bonds. The maximum Gasteiger partial charge on any atom is 0.220 e. The van der Waals surface area contributed by atoms with Crippen LogP contribution in [0.1, 0.15) is 290 Å². The molecule has 1 heterocycles. The molecule has 7 atom stereocenters. The Kier molecular flexibility index (Phi) is 48.3. The van der Waals surface area contributed by atoms with Gasteiger partial charge in [-0.1, -0.05) is 275 Å². The minimum Gasteiger partial charge on any atom is -0.394 e. The first-order valence-corrected chi connectivity index (χ1v) is 30.2. The maximum atomic E-state index is 13.1. The van der Waals surface area contributed by atoms with E-state index in [-0.39, 0.29) is 12.5 Å². The summed E-state index contributed by atoms with van der Waals surface area (Å²) in [6.07, 6.45) is 59.4. The lowest BCUT2D eigenvalue weighted by atomic mass is 9.99. The van der Waals surface area contributed by atoms with Crippen molar-refractivity contribution >= 4 is 5.91 Å². The first kappa shape index (κ1) is 66.4. The van der Waals surface area contributed by atoms with Crippen LogP contribution >= 0.6 is 0 Å². The third-order valence-electron chi connectivity index (χ3n) is 14.4. The average molecular weight is 991 g/mol. The van der Waals surface area contributed by atoms with Gasteiger partial charge in [0.2, 0.25) is 5.91 Å². The number of hydrogen-bond acceptors (Lipinski definition) is 8. The second-order valence-electron chi connectivity index (χ2n) is 21.1. The first-order chi connectivity index (χ1) is 34.3. The van der Waals surface area contributed by atoms with E-state index in [9.17, 15) is 30.3 Å². The van der Waals surface area contributed by atoms with Crippen molar-refractivity contribution in [3.63, 3.8) is 0 Å². The van der Waals surface area contributed by atoms with Crippen LogP contribution in [0.4, 0.5) is 0 Å². The van der Waals surface area contributed by atoms with Crippen LogP contribution in [0.5, 0.6) is 0 Å². The molecule has 0 bridgehead atoms. The van der Waals surface area contributed by atoms with E-state index >= 15 is 0 Å². The molecule has 1 aliphatic heterocycles. The van der Waals surface area contributed by atoms with Crippen molar-refractivity contribution in [3.8, 4) is 0 Å². The second kappa shape index (κ2) is 50.9. The Hall–Kier alpha value is -1.59. The number of unbranched alkanes of at least 4 members (excludes halogenated alkanes) is 38. The van der Waals surface area contributed by atoms with E-state index in [1.807, 2.05) is 6.08 Å². The van der Waals surface area contributed by atoms with Crippen LogP contribution in [0.3, 0.4) is 0 Å². The predicted molar refractivity (Wildman–Crippen MR) is 295 cm³/mol. The van der Waals surface area contributed by atoms with Gasteiger partial charge in [-0.3, -0.25) is 4.79 Å². The Bertz CT molecular complexity index is 1190. The fraction of sp³-hybridized carbons (Fsp3) is 0.885. The Morgan fingerprint density at radius 1 is 0.471 bits per heavy atom. The highest BCUT2D eigenvalue weighted by Crippen LogP contribution is 2.23. The number of allylic oxidation sites excluding steroid dienone is 5. The summed E-state index contributed by atoms with van der Waals surface area (Å²) in [6.45, 7) is 3.80. The number of aliphatic hydroxyl groups is 5. The smallest absolute Gasteiger partial charge is 0.220 e. The number of ether oxygens (including phenoxy) is 2. The van der Waals surface area contributed by atoms with Crippen LogP contribution in [-0.2, 0) is 14.3 Å². The summed E-state index contributed by atoms with van der Waals surface area (Å²) in [4.78, 5) is 13.1. The number of amides is 1. The Morgan fingerprint density at radius 3 is 1.20 bits per heavy atom. The van der Waals surface area contributed by atoms with Crippen molar-refractivity contribution in [2.45, 2.75) is 333 Å². The summed E-state index contributed by atoms with van der Waals surface area (Å²) in [5.41, 5.74) is 0.